The summed E-state index contributed by atoms with van der Waals surface area (Å²) in [5.41, 5.74) is 6.48. The van der Waals surface area contributed by atoms with E-state index in [1.807, 2.05) is 12.1 Å². The monoisotopic (exact) mass is 377 g/mol. The fraction of sp³-hybridized carbons (Fsp3) is 0.417. The Morgan fingerprint density at radius 2 is 2.00 bits per heavy atom. The zero-order valence-corrected chi connectivity index (χ0v) is 16.3. The molecule has 1 N–H and O–H groups in total. The molecule has 0 radical (unpaired) electrons. The zero-order chi connectivity index (χ0) is 19.1. The quantitative estimate of drug-likeness (QED) is 0.813. The number of nitrogens with one attached hydrogen (secondary N) is 1. The summed E-state index contributed by atoms with van der Waals surface area (Å²) in [5, 5.41) is 3.57. The fourth-order valence-electron chi connectivity index (χ4n) is 5.31. The maximum Gasteiger partial charge on any atom is 0.123 e. The van der Waals surface area contributed by atoms with Gasteiger partial charge in [-0.05, 0) is 60.7 Å². The molecule has 0 saturated carbocycles. The van der Waals surface area contributed by atoms with E-state index >= 15 is 0 Å². The minimum atomic E-state index is -0.187. The first-order chi connectivity index (χ1) is 13.7. The third kappa shape index (κ3) is 3.10. The van der Waals surface area contributed by atoms with Gasteiger partial charge in [0.2, 0.25) is 0 Å². The molecule has 2 aromatic carbocycles. The highest BCUT2D eigenvalue weighted by Crippen LogP contribution is 2.49. The van der Waals surface area contributed by atoms with Gasteiger partial charge in [0.15, 0.2) is 0 Å². The maximum atomic E-state index is 13.1. The summed E-state index contributed by atoms with van der Waals surface area (Å²) in [5.74, 6) is 0.441. The van der Waals surface area contributed by atoms with Gasteiger partial charge in [0, 0.05) is 38.1 Å². The lowest BCUT2D eigenvalue weighted by atomic mass is 9.89. The molecule has 3 heterocycles. The van der Waals surface area contributed by atoms with Crippen LogP contribution in [0.5, 0.6) is 0 Å². The van der Waals surface area contributed by atoms with Crippen molar-refractivity contribution in [2.45, 2.75) is 31.2 Å². The molecule has 1 fully saturated rings. The van der Waals surface area contributed by atoms with Crippen molar-refractivity contribution in [2.24, 2.45) is 0 Å². The second kappa shape index (κ2) is 7.25. The van der Waals surface area contributed by atoms with E-state index in [-0.39, 0.29) is 5.82 Å². The van der Waals surface area contributed by atoms with Crippen LogP contribution in [0.1, 0.15) is 36.3 Å². The van der Waals surface area contributed by atoms with Crippen molar-refractivity contribution in [2.75, 3.05) is 42.9 Å². The molecule has 0 amide bonds. The van der Waals surface area contributed by atoms with Crippen molar-refractivity contribution in [1.29, 1.82) is 0 Å². The lowest BCUT2D eigenvalue weighted by molar-refractivity contribution is 0.192. The summed E-state index contributed by atoms with van der Waals surface area (Å²) in [6.07, 6.45) is 3.32. The maximum absolute atomic E-state index is 13.1. The third-order valence-electron chi connectivity index (χ3n) is 6.69. The van der Waals surface area contributed by atoms with Gasteiger partial charge in [0.25, 0.3) is 0 Å². The van der Waals surface area contributed by atoms with Crippen LogP contribution >= 0.6 is 0 Å². The SMILES string of the molecule is C=C(CCCN1CCC2C(C1)c1cccc3c1N2CCN3)c1ccc(F)cc1. The van der Waals surface area contributed by atoms with E-state index in [4.69, 9.17) is 0 Å². The predicted octanol–water partition coefficient (Wildman–Crippen LogP) is 4.72. The Hall–Kier alpha value is -2.33. The first-order valence-corrected chi connectivity index (χ1v) is 10.5. The number of hydrogen-bond acceptors (Lipinski definition) is 3. The molecule has 2 atom stereocenters. The molecular formula is C24H28FN3. The number of allylic oxidation sites excluding steroid dienone is 1. The molecule has 3 aliphatic heterocycles. The summed E-state index contributed by atoms with van der Waals surface area (Å²) in [4.78, 5) is 5.30. The number of piperidine rings is 1. The molecule has 0 aliphatic carbocycles. The number of likely N-dealkylation sites (tertiary alicyclic amines) is 1. The van der Waals surface area contributed by atoms with Gasteiger partial charge >= 0.3 is 0 Å². The van der Waals surface area contributed by atoms with Crippen molar-refractivity contribution < 1.29 is 4.39 Å². The zero-order valence-electron chi connectivity index (χ0n) is 16.3. The minimum Gasteiger partial charge on any atom is -0.382 e. The first-order valence-electron chi connectivity index (χ1n) is 10.5. The summed E-state index contributed by atoms with van der Waals surface area (Å²) in [7, 11) is 0. The van der Waals surface area contributed by atoms with Crippen LogP contribution in [0.25, 0.3) is 5.57 Å². The molecule has 2 aromatic rings. The molecule has 0 spiro atoms. The number of fused-ring (bicyclic) bond motifs is 3. The van der Waals surface area contributed by atoms with E-state index in [0.29, 0.717) is 12.0 Å². The van der Waals surface area contributed by atoms with Gasteiger partial charge in [-0.3, -0.25) is 0 Å². The lowest BCUT2D eigenvalue weighted by Gasteiger charge is -2.40. The Kier molecular flexibility index (Phi) is 4.59. The van der Waals surface area contributed by atoms with Gasteiger partial charge < -0.3 is 15.1 Å². The topological polar surface area (TPSA) is 18.5 Å². The van der Waals surface area contributed by atoms with Crippen molar-refractivity contribution in [3.63, 3.8) is 0 Å². The van der Waals surface area contributed by atoms with E-state index in [2.05, 4.69) is 39.9 Å². The number of benzene rings is 2. The average Bonchev–Trinajstić information content (AvgIpc) is 3.04. The number of rotatable bonds is 5. The van der Waals surface area contributed by atoms with Crippen LogP contribution in [0.15, 0.2) is 49.0 Å². The van der Waals surface area contributed by atoms with Gasteiger partial charge in [-0.2, -0.15) is 0 Å². The summed E-state index contributed by atoms with van der Waals surface area (Å²) in [6.45, 7) is 9.82. The third-order valence-corrected chi connectivity index (χ3v) is 6.69. The molecule has 5 rings (SSSR count). The summed E-state index contributed by atoms with van der Waals surface area (Å²) >= 11 is 0. The Balaban J connectivity index is 1.20. The normalized spacial score (nSPS) is 23.1. The standard InChI is InChI=1S/C24H28FN3/c1-17(18-7-9-19(25)10-8-18)4-3-13-27-14-11-23-21(16-27)20-5-2-6-22-24(20)28(23)15-12-26-22/h2,5-10,21,23,26H,1,3-4,11-16H2. The Morgan fingerprint density at radius 1 is 1.14 bits per heavy atom. The lowest BCUT2D eigenvalue weighted by Crippen LogP contribution is -2.48. The highest BCUT2D eigenvalue weighted by Gasteiger charge is 2.43. The number of anilines is 2. The average molecular weight is 378 g/mol. The van der Waals surface area contributed by atoms with Gasteiger partial charge in [-0.1, -0.05) is 30.8 Å². The summed E-state index contributed by atoms with van der Waals surface area (Å²) in [6, 6.07) is 14.1. The van der Waals surface area contributed by atoms with Gasteiger partial charge in [0.1, 0.15) is 5.82 Å². The second-order valence-electron chi connectivity index (χ2n) is 8.34. The van der Waals surface area contributed by atoms with E-state index in [0.717, 1.165) is 50.2 Å². The van der Waals surface area contributed by atoms with Crippen LogP contribution in [-0.4, -0.2) is 43.7 Å². The van der Waals surface area contributed by atoms with E-state index in [1.165, 1.54) is 42.0 Å². The van der Waals surface area contributed by atoms with Crippen molar-refractivity contribution in [1.82, 2.24) is 4.90 Å². The van der Waals surface area contributed by atoms with Crippen LogP contribution in [-0.2, 0) is 0 Å². The first kappa shape index (κ1) is 17.7. The fourth-order valence-corrected chi connectivity index (χ4v) is 5.31. The highest BCUT2D eigenvalue weighted by molar-refractivity contribution is 5.80. The van der Waals surface area contributed by atoms with Gasteiger partial charge in [-0.25, -0.2) is 4.39 Å². The smallest absolute Gasteiger partial charge is 0.123 e. The van der Waals surface area contributed by atoms with Crippen molar-refractivity contribution in [3.8, 4) is 0 Å². The molecule has 0 aromatic heterocycles. The predicted molar refractivity (Wildman–Crippen MR) is 115 cm³/mol. The van der Waals surface area contributed by atoms with E-state index < -0.39 is 0 Å². The van der Waals surface area contributed by atoms with Gasteiger partial charge in [0.05, 0.1) is 11.4 Å². The van der Waals surface area contributed by atoms with E-state index in [1.54, 1.807) is 0 Å². The Morgan fingerprint density at radius 3 is 2.86 bits per heavy atom. The molecule has 0 bridgehead atoms. The Bertz CT molecular complexity index is 876. The number of hydrogen-bond donors (Lipinski definition) is 1. The highest BCUT2D eigenvalue weighted by atomic mass is 19.1. The largest absolute Gasteiger partial charge is 0.382 e. The molecule has 146 valence electrons. The van der Waals surface area contributed by atoms with E-state index in [9.17, 15) is 4.39 Å². The van der Waals surface area contributed by atoms with Crippen LogP contribution < -0.4 is 10.2 Å². The molecule has 4 heteroatoms. The molecular weight excluding hydrogens is 349 g/mol. The van der Waals surface area contributed by atoms with Crippen LogP contribution in [0.3, 0.4) is 0 Å². The number of halogens is 1. The number of para-hydroxylation sites is 1. The number of nitrogens with zero attached hydrogens (tertiary/aromatic N) is 2. The van der Waals surface area contributed by atoms with Crippen LogP contribution in [0, 0.1) is 5.82 Å². The molecule has 1 saturated heterocycles. The second-order valence-corrected chi connectivity index (χ2v) is 8.34. The Labute approximate surface area is 166 Å². The van der Waals surface area contributed by atoms with Crippen molar-refractivity contribution >= 4 is 16.9 Å². The summed E-state index contributed by atoms with van der Waals surface area (Å²) < 4.78 is 13.1. The molecule has 3 nitrogen and oxygen atoms in total. The van der Waals surface area contributed by atoms with Crippen LogP contribution in [0.4, 0.5) is 15.8 Å². The molecule has 28 heavy (non-hydrogen) atoms. The molecule has 3 aliphatic rings. The minimum absolute atomic E-state index is 0.187. The molecule has 2 unspecified atom stereocenters. The van der Waals surface area contributed by atoms with Crippen molar-refractivity contribution in [3.05, 3.63) is 66.0 Å². The van der Waals surface area contributed by atoms with Crippen LogP contribution in [0.2, 0.25) is 0 Å². The van der Waals surface area contributed by atoms with Gasteiger partial charge in [-0.15, -0.1) is 0 Å².